The Morgan fingerprint density at radius 3 is 2.77 bits per heavy atom. The summed E-state index contributed by atoms with van der Waals surface area (Å²) in [5.74, 6) is 0.630. The van der Waals surface area contributed by atoms with E-state index in [0.717, 1.165) is 0 Å². The van der Waals surface area contributed by atoms with Gasteiger partial charge in [-0.25, -0.2) is 9.98 Å². The van der Waals surface area contributed by atoms with Gasteiger partial charge in [0.15, 0.2) is 5.96 Å². The maximum atomic E-state index is 5.35. The summed E-state index contributed by atoms with van der Waals surface area (Å²) in [6, 6.07) is 0. The van der Waals surface area contributed by atoms with Crippen LogP contribution in [0.5, 0.6) is 0 Å². The van der Waals surface area contributed by atoms with Gasteiger partial charge in [-0.3, -0.25) is 0 Å². The zero-order chi connectivity index (χ0) is 9.68. The fraction of sp³-hybridized carbons (Fsp3) is 0.167. The van der Waals surface area contributed by atoms with Gasteiger partial charge >= 0.3 is 0 Å². The molecule has 0 radical (unpaired) electrons. The van der Waals surface area contributed by atoms with Crippen LogP contribution in [0, 0.1) is 0 Å². The molecule has 0 bridgehead atoms. The van der Waals surface area contributed by atoms with Crippen LogP contribution in [0.25, 0.3) is 0 Å². The zero-order valence-electron chi connectivity index (χ0n) is 6.94. The molecule has 0 aliphatic rings. The molecule has 1 aromatic rings. The lowest BCUT2D eigenvalue weighted by Crippen LogP contribution is -2.26. The van der Waals surface area contributed by atoms with Gasteiger partial charge in [0.1, 0.15) is 12.4 Å². The average Bonchev–Trinajstić information content (AvgIpc) is 2.51. The van der Waals surface area contributed by atoms with Crippen molar-refractivity contribution in [2.24, 2.45) is 27.2 Å². The lowest BCUT2D eigenvalue weighted by molar-refractivity contribution is 0.943. The summed E-state index contributed by atoms with van der Waals surface area (Å²) in [5, 5.41) is 0. The molecule has 70 valence electrons. The van der Waals surface area contributed by atoms with Crippen LogP contribution >= 0.6 is 0 Å². The molecule has 0 aliphatic heterocycles. The highest BCUT2D eigenvalue weighted by atomic mass is 15.1. The summed E-state index contributed by atoms with van der Waals surface area (Å²) in [7, 11) is 0. The monoisotopic (exact) mass is 181 g/mol. The molecule has 0 aliphatic carbocycles. The Morgan fingerprint density at radius 1 is 1.46 bits per heavy atom. The molecular formula is C6H11N7. The molecule has 0 unspecified atom stereocenters. The molecule has 0 saturated heterocycles. The van der Waals surface area contributed by atoms with E-state index in [-0.39, 0.29) is 11.9 Å². The molecule has 0 spiro atoms. The molecule has 7 heteroatoms. The second-order valence-corrected chi connectivity index (χ2v) is 2.25. The summed E-state index contributed by atoms with van der Waals surface area (Å²) in [6.45, 7) is 0.329. The molecule has 0 aromatic carbocycles. The number of nitrogens with two attached hydrogens (primary N) is 3. The van der Waals surface area contributed by atoms with E-state index in [1.165, 1.54) is 0 Å². The van der Waals surface area contributed by atoms with E-state index in [2.05, 4.69) is 20.0 Å². The van der Waals surface area contributed by atoms with Crippen molar-refractivity contribution in [2.75, 3.05) is 0 Å². The first-order valence-corrected chi connectivity index (χ1v) is 3.56. The first-order valence-electron chi connectivity index (χ1n) is 3.56. The topological polar surface area (TPSA) is 131 Å². The van der Waals surface area contributed by atoms with E-state index in [4.69, 9.17) is 17.2 Å². The number of hydrogen-bond donors (Lipinski definition) is 4. The smallest absolute Gasteiger partial charge is 0.218 e. The summed E-state index contributed by atoms with van der Waals surface area (Å²) in [5.41, 5.74) is 15.5. The van der Waals surface area contributed by atoms with Crippen LogP contribution in [-0.4, -0.2) is 21.9 Å². The third kappa shape index (κ3) is 3.23. The van der Waals surface area contributed by atoms with E-state index >= 15 is 0 Å². The number of aromatic nitrogens is 2. The summed E-state index contributed by atoms with van der Waals surface area (Å²) < 4.78 is 0. The normalized spacial score (nSPS) is 11.2. The second kappa shape index (κ2) is 4.10. The van der Waals surface area contributed by atoms with Crippen molar-refractivity contribution in [3.05, 3.63) is 18.2 Å². The Labute approximate surface area is 74.8 Å². The van der Waals surface area contributed by atoms with Crippen LogP contribution < -0.4 is 17.2 Å². The zero-order valence-corrected chi connectivity index (χ0v) is 6.94. The molecule has 0 fully saturated rings. The van der Waals surface area contributed by atoms with Crippen molar-refractivity contribution in [1.82, 2.24) is 9.97 Å². The lowest BCUT2D eigenvalue weighted by Gasteiger charge is -1.93. The van der Waals surface area contributed by atoms with Crippen molar-refractivity contribution in [3.8, 4) is 0 Å². The van der Waals surface area contributed by atoms with Crippen LogP contribution in [0.3, 0.4) is 0 Å². The van der Waals surface area contributed by atoms with Gasteiger partial charge in [-0.2, -0.15) is 4.99 Å². The fourth-order valence-electron chi connectivity index (χ4n) is 0.708. The number of aromatic amines is 1. The average molecular weight is 181 g/mol. The van der Waals surface area contributed by atoms with E-state index in [1.807, 2.05) is 0 Å². The summed E-state index contributed by atoms with van der Waals surface area (Å²) in [4.78, 5) is 14.2. The Kier molecular flexibility index (Phi) is 2.85. The molecule has 7 N–H and O–H groups in total. The standard InChI is InChI=1S/C6H11N7/c7-5(8)13-6(9)12-3-4-10-1-2-11-4/h1-2H,3H2,(H,10,11)(H6,7,8,9,12,13). The van der Waals surface area contributed by atoms with Crippen molar-refractivity contribution < 1.29 is 0 Å². The van der Waals surface area contributed by atoms with E-state index in [0.29, 0.717) is 12.4 Å². The quantitative estimate of drug-likeness (QED) is 0.326. The predicted molar refractivity (Wildman–Crippen MR) is 49.7 cm³/mol. The first kappa shape index (κ1) is 9.04. The van der Waals surface area contributed by atoms with Crippen LogP contribution in [0.4, 0.5) is 0 Å². The molecule has 1 aromatic heterocycles. The number of hydrogen-bond acceptors (Lipinski definition) is 2. The molecule has 0 atom stereocenters. The molecule has 0 amide bonds. The summed E-state index contributed by atoms with van der Waals surface area (Å²) >= 11 is 0. The predicted octanol–water partition coefficient (Wildman–Crippen LogP) is -1.50. The second-order valence-electron chi connectivity index (χ2n) is 2.25. The summed E-state index contributed by atoms with van der Waals surface area (Å²) in [6.07, 6.45) is 3.32. The lowest BCUT2D eigenvalue weighted by atomic mass is 10.6. The van der Waals surface area contributed by atoms with Crippen molar-refractivity contribution in [1.29, 1.82) is 0 Å². The van der Waals surface area contributed by atoms with Gasteiger partial charge in [0.25, 0.3) is 0 Å². The maximum absolute atomic E-state index is 5.35. The van der Waals surface area contributed by atoms with E-state index in [1.54, 1.807) is 12.4 Å². The largest absolute Gasteiger partial charge is 0.370 e. The van der Waals surface area contributed by atoms with Gasteiger partial charge in [-0.15, -0.1) is 0 Å². The number of nitrogens with one attached hydrogen (secondary N) is 1. The highest BCUT2D eigenvalue weighted by Gasteiger charge is 1.92. The minimum absolute atomic E-state index is 0.0383. The fourth-order valence-corrected chi connectivity index (χ4v) is 0.708. The molecule has 0 saturated carbocycles. The van der Waals surface area contributed by atoms with Crippen LogP contribution in [0.1, 0.15) is 5.82 Å². The van der Waals surface area contributed by atoms with Gasteiger partial charge in [-0.05, 0) is 0 Å². The first-order chi connectivity index (χ1) is 6.18. The molecule has 13 heavy (non-hydrogen) atoms. The Bertz CT molecular complexity index is 306. The Hall–Kier alpha value is -2.05. The third-order valence-corrected chi connectivity index (χ3v) is 1.19. The van der Waals surface area contributed by atoms with Gasteiger partial charge in [0.2, 0.25) is 5.96 Å². The van der Waals surface area contributed by atoms with Crippen molar-refractivity contribution in [2.45, 2.75) is 6.54 Å². The maximum Gasteiger partial charge on any atom is 0.218 e. The number of imidazole rings is 1. The highest BCUT2D eigenvalue weighted by molar-refractivity contribution is 5.92. The van der Waals surface area contributed by atoms with Gasteiger partial charge in [0, 0.05) is 12.4 Å². The third-order valence-electron chi connectivity index (χ3n) is 1.19. The minimum Gasteiger partial charge on any atom is -0.370 e. The molecule has 1 heterocycles. The highest BCUT2D eigenvalue weighted by Crippen LogP contribution is 1.90. The van der Waals surface area contributed by atoms with Crippen molar-refractivity contribution >= 4 is 11.9 Å². The number of guanidine groups is 2. The number of nitrogens with zero attached hydrogens (tertiary/aromatic N) is 3. The van der Waals surface area contributed by atoms with Crippen molar-refractivity contribution in [3.63, 3.8) is 0 Å². The molecule has 1 rings (SSSR count). The number of aliphatic imine (C=N–C) groups is 2. The Balaban J connectivity index is 2.53. The van der Waals surface area contributed by atoms with E-state index in [9.17, 15) is 0 Å². The Morgan fingerprint density at radius 2 is 2.23 bits per heavy atom. The number of H-pyrrole nitrogens is 1. The van der Waals surface area contributed by atoms with Gasteiger partial charge < -0.3 is 22.2 Å². The molecule has 7 nitrogen and oxygen atoms in total. The van der Waals surface area contributed by atoms with E-state index < -0.39 is 0 Å². The SMILES string of the molecule is NC(N)=NC(N)=NCc1ncc[nH]1. The van der Waals surface area contributed by atoms with Gasteiger partial charge in [-0.1, -0.05) is 0 Å². The minimum atomic E-state index is -0.110. The van der Waals surface area contributed by atoms with Crippen LogP contribution in [0.2, 0.25) is 0 Å². The van der Waals surface area contributed by atoms with Gasteiger partial charge in [0.05, 0.1) is 0 Å². The van der Waals surface area contributed by atoms with Crippen LogP contribution in [0.15, 0.2) is 22.4 Å². The van der Waals surface area contributed by atoms with Crippen LogP contribution in [-0.2, 0) is 6.54 Å². The molecular weight excluding hydrogens is 170 g/mol. The number of rotatable bonds is 2.